The summed E-state index contributed by atoms with van der Waals surface area (Å²) in [5, 5.41) is 3.36. The van der Waals surface area contributed by atoms with E-state index in [-0.39, 0.29) is 11.8 Å². The number of nitrogens with zero attached hydrogens (tertiary/aromatic N) is 2. The first kappa shape index (κ1) is 16.3. The largest absolute Gasteiger partial charge is 0.341 e. The van der Waals surface area contributed by atoms with Gasteiger partial charge in [-0.15, -0.1) is 0 Å². The lowest BCUT2D eigenvalue weighted by molar-refractivity contribution is -0.133. The van der Waals surface area contributed by atoms with E-state index in [2.05, 4.69) is 5.32 Å². The molecule has 0 radical (unpaired) electrons. The predicted octanol–water partition coefficient (Wildman–Crippen LogP) is 1.24. The second-order valence-electron chi connectivity index (χ2n) is 6.20. The summed E-state index contributed by atoms with van der Waals surface area (Å²) in [6, 6.07) is 0. The van der Waals surface area contributed by atoms with Crippen LogP contribution in [0.1, 0.15) is 45.4 Å². The lowest BCUT2D eigenvalue weighted by Crippen LogP contribution is -2.37. The third kappa shape index (κ3) is 4.99. The van der Waals surface area contributed by atoms with Gasteiger partial charge in [0.05, 0.1) is 0 Å². The Bertz CT molecular complexity index is 353. The van der Waals surface area contributed by atoms with Crippen LogP contribution in [0.4, 0.5) is 0 Å². The van der Waals surface area contributed by atoms with E-state index in [1.165, 1.54) is 12.8 Å². The third-order valence-electron chi connectivity index (χ3n) is 4.73. The highest BCUT2D eigenvalue weighted by Crippen LogP contribution is 2.18. The van der Waals surface area contributed by atoms with E-state index < -0.39 is 0 Å². The van der Waals surface area contributed by atoms with Crippen LogP contribution >= 0.6 is 0 Å². The summed E-state index contributed by atoms with van der Waals surface area (Å²) < 4.78 is 0. The fourth-order valence-corrected chi connectivity index (χ4v) is 3.30. The summed E-state index contributed by atoms with van der Waals surface area (Å²) in [6.07, 6.45) is 5.56. The topological polar surface area (TPSA) is 52.7 Å². The van der Waals surface area contributed by atoms with E-state index in [0.717, 1.165) is 39.0 Å². The molecule has 0 bridgehead atoms. The minimum atomic E-state index is 0.207. The Morgan fingerprint density at radius 3 is 2.24 bits per heavy atom. The van der Waals surface area contributed by atoms with Crippen molar-refractivity contribution in [2.75, 3.05) is 39.3 Å². The molecule has 0 aromatic heterocycles. The van der Waals surface area contributed by atoms with Crippen LogP contribution in [0.15, 0.2) is 0 Å². The predicted molar refractivity (Wildman–Crippen MR) is 82.9 cm³/mol. The number of hydrogen-bond donors (Lipinski definition) is 1. The molecule has 0 aliphatic carbocycles. The molecule has 2 heterocycles. The summed E-state index contributed by atoms with van der Waals surface area (Å²) in [5.74, 6) is 1.19. The number of carbonyl (C=O) groups excluding carboxylic acids is 2. The molecule has 2 amide bonds. The Kier molecular flexibility index (Phi) is 6.49. The van der Waals surface area contributed by atoms with Crippen LogP contribution in [-0.2, 0) is 9.59 Å². The molecule has 2 fully saturated rings. The number of hydrogen-bond acceptors (Lipinski definition) is 3. The quantitative estimate of drug-likeness (QED) is 0.849. The summed E-state index contributed by atoms with van der Waals surface area (Å²) in [4.78, 5) is 28.0. The average molecular weight is 295 g/mol. The molecule has 2 rings (SSSR count). The van der Waals surface area contributed by atoms with Crippen molar-refractivity contribution in [2.45, 2.75) is 45.4 Å². The molecule has 2 aliphatic rings. The van der Waals surface area contributed by atoms with Crippen LogP contribution < -0.4 is 5.32 Å². The SMILES string of the molecule is CCC(=O)N1CCCN(C(=O)CCC2CCNCC2)CC1. The zero-order valence-electron chi connectivity index (χ0n) is 13.3. The van der Waals surface area contributed by atoms with Crippen molar-refractivity contribution in [1.82, 2.24) is 15.1 Å². The highest BCUT2D eigenvalue weighted by molar-refractivity contribution is 5.77. The van der Waals surface area contributed by atoms with Crippen LogP contribution in [0.25, 0.3) is 0 Å². The van der Waals surface area contributed by atoms with Crippen LogP contribution in [0.3, 0.4) is 0 Å². The minimum absolute atomic E-state index is 0.207. The molecule has 1 N–H and O–H groups in total. The molecule has 5 heteroatoms. The average Bonchev–Trinajstić information content (AvgIpc) is 2.79. The first-order chi connectivity index (χ1) is 10.2. The zero-order valence-corrected chi connectivity index (χ0v) is 13.3. The molecule has 2 aliphatic heterocycles. The minimum Gasteiger partial charge on any atom is -0.341 e. The van der Waals surface area contributed by atoms with Gasteiger partial charge in [-0.05, 0) is 44.7 Å². The Balaban J connectivity index is 1.73. The second kappa shape index (κ2) is 8.37. The highest BCUT2D eigenvalue weighted by Gasteiger charge is 2.22. The molecule has 0 saturated carbocycles. The fraction of sp³-hybridized carbons (Fsp3) is 0.875. The Morgan fingerprint density at radius 2 is 1.62 bits per heavy atom. The number of rotatable bonds is 4. The lowest BCUT2D eigenvalue weighted by Gasteiger charge is -2.25. The zero-order chi connectivity index (χ0) is 15.1. The lowest BCUT2D eigenvalue weighted by atomic mass is 9.93. The molecule has 21 heavy (non-hydrogen) atoms. The van der Waals surface area contributed by atoms with Crippen molar-refractivity contribution < 1.29 is 9.59 Å². The van der Waals surface area contributed by atoms with Crippen LogP contribution in [0.5, 0.6) is 0 Å². The molecule has 0 atom stereocenters. The first-order valence-electron chi connectivity index (χ1n) is 8.47. The van der Waals surface area contributed by atoms with Crippen molar-refractivity contribution in [3.8, 4) is 0 Å². The molecule has 0 unspecified atom stereocenters. The Morgan fingerprint density at radius 1 is 1.00 bits per heavy atom. The smallest absolute Gasteiger partial charge is 0.222 e. The van der Waals surface area contributed by atoms with E-state index in [1.54, 1.807) is 0 Å². The molecule has 120 valence electrons. The molecule has 5 nitrogen and oxygen atoms in total. The summed E-state index contributed by atoms with van der Waals surface area (Å²) in [5.41, 5.74) is 0. The number of amides is 2. The van der Waals surface area contributed by atoms with Crippen molar-refractivity contribution in [3.63, 3.8) is 0 Å². The van der Waals surface area contributed by atoms with Gasteiger partial charge >= 0.3 is 0 Å². The van der Waals surface area contributed by atoms with Crippen molar-refractivity contribution in [3.05, 3.63) is 0 Å². The third-order valence-corrected chi connectivity index (χ3v) is 4.73. The van der Waals surface area contributed by atoms with E-state index in [9.17, 15) is 9.59 Å². The number of piperidine rings is 1. The van der Waals surface area contributed by atoms with Crippen molar-refractivity contribution in [1.29, 1.82) is 0 Å². The van der Waals surface area contributed by atoms with Crippen LogP contribution in [-0.4, -0.2) is 60.9 Å². The van der Waals surface area contributed by atoms with Gasteiger partial charge in [0.25, 0.3) is 0 Å². The summed E-state index contributed by atoms with van der Waals surface area (Å²) >= 11 is 0. The van der Waals surface area contributed by atoms with Gasteiger partial charge in [0.15, 0.2) is 0 Å². The number of nitrogens with one attached hydrogen (secondary N) is 1. The first-order valence-corrected chi connectivity index (χ1v) is 8.47. The Hall–Kier alpha value is -1.10. The molecular weight excluding hydrogens is 266 g/mol. The maximum absolute atomic E-state index is 12.3. The van der Waals surface area contributed by atoms with E-state index >= 15 is 0 Å². The normalized spacial score (nSPS) is 21.2. The number of carbonyl (C=O) groups is 2. The van der Waals surface area contributed by atoms with Crippen molar-refractivity contribution >= 4 is 11.8 Å². The van der Waals surface area contributed by atoms with Gasteiger partial charge < -0.3 is 15.1 Å². The van der Waals surface area contributed by atoms with E-state index in [0.29, 0.717) is 31.8 Å². The molecule has 0 spiro atoms. The second-order valence-corrected chi connectivity index (χ2v) is 6.20. The van der Waals surface area contributed by atoms with Gasteiger partial charge in [-0.2, -0.15) is 0 Å². The van der Waals surface area contributed by atoms with Gasteiger partial charge in [-0.3, -0.25) is 9.59 Å². The van der Waals surface area contributed by atoms with E-state index in [1.807, 2.05) is 16.7 Å². The maximum atomic E-state index is 12.3. The molecule has 0 aromatic carbocycles. The standard InChI is InChI=1S/C16H29N3O2/c1-2-15(20)18-10-3-11-19(13-12-18)16(21)5-4-14-6-8-17-9-7-14/h14,17H,2-13H2,1H3. The fourth-order valence-electron chi connectivity index (χ4n) is 3.30. The monoisotopic (exact) mass is 295 g/mol. The molecular formula is C16H29N3O2. The molecule has 2 saturated heterocycles. The van der Waals surface area contributed by atoms with Gasteiger partial charge in [0.2, 0.25) is 11.8 Å². The molecule has 0 aromatic rings. The van der Waals surface area contributed by atoms with Gasteiger partial charge in [-0.1, -0.05) is 6.92 Å². The maximum Gasteiger partial charge on any atom is 0.222 e. The van der Waals surface area contributed by atoms with Crippen LogP contribution in [0, 0.1) is 5.92 Å². The summed E-state index contributed by atoms with van der Waals surface area (Å²) in [6.45, 7) is 7.09. The summed E-state index contributed by atoms with van der Waals surface area (Å²) in [7, 11) is 0. The van der Waals surface area contributed by atoms with Gasteiger partial charge in [0, 0.05) is 39.0 Å². The van der Waals surface area contributed by atoms with Crippen molar-refractivity contribution in [2.24, 2.45) is 5.92 Å². The Labute approximate surface area is 128 Å². The van der Waals surface area contributed by atoms with E-state index in [4.69, 9.17) is 0 Å². The van der Waals surface area contributed by atoms with Gasteiger partial charge in [0.1, 0.15) is 0 Å². The van der Waals surface area contributed by atoms with Gasteiger partial charge in [-0.25, -0.2) is 0 Å². The highest BCUT2D eigenvalue weighted by atomic mass is 16.2. The van der Waals surface area contributed by atoms with Crippen LogP contribution in [0.2, 0.25) is 0 Å².